The van der Waals surface area contributed by atoms with Gasteiger partial charge in [-0.1, -0.05) is 24.6 Å². The molecule has 0 aliphatic carbocycles. The Kier molecular flexibility index (Phi) is 4.47. The van der Waals surface area contributed by atoms with Gasteiger partial charge in [0.1, 0.15) is 22.9 Å². The summed E-state index contributed by atoms with van der Waals surface area (Å²) >= 11 is 6.27. The van der Waals surface area contributed by atoms with Gasteiger partial charge in [-0.2, -0.15) is 0 Å². The molecule has 0 fully saturated rings. The Morgan fingerprint density at radius 1 is 1.11 bits per heavy atom. The number of amides is 1. The SMILES string of the molecule is CCC(Nc1c(Nc2c(Cl)ccc3c2C(=O)NC3)c(=O)c1=O)c1ccc(C)o1. The van der Waals surface area contributed by atoms with Crippen LogP contribution in [0.25, 0.3) is 0 Å². The lowest BCUT2D eigenvalue weighted by Gasteiger charge is -2.21. The minimum Gasteiger partial charge on any atom is -0.464 e. The molecule has 3 N–H and O–H groups in total. The first-order valence-corrected chi connectivity index (χ1v) is 9.31. The van der Waals surface area contributed by atoms with Crippen LogP contribution < -0.4 is 26.8 Å². The number of aryl methyl sites for hydroxylation is 1. The second-order valence-corrected chi connectivity index (χ2v) is 7.13. The third kappa shape index (κ3) is 2.88. The van der Waals surface area contributed by atoms with E-state index >= 15 is 0 Å². The summed E-state index contributed by atoms with van der Waals surface area (Å²) in [6.45, 7) is 4.18. The molecule has 2 aromatic carbocycles. The van der Waals surface area contributed by atoms with Crippen molar-refractivity contribution < 1.29 is 9.21 Å². The average molecular weight is 400 g/mol. The molecule has 0 bridgehead atoms. The molecule has 4 rings (SSSR count). The van der Waals surface area contributed by atoms with Gasteiger partial charge in [-0.05, 0) is 37.1 Å². The Balaban J connectivity index is 1.68. The number of nitrogens with one attached hydrogen (secondary N) is 3. The smallest absolute Gasteiger partial charge is 0.254 e. The Morgan fingerprint density at radius 3 is 2.54 bits per heavy atom. The number of rotatable bonds is 6. The number of benzene rings is 1. The molecule has 1 amide bonds. The van der Waals surface area contributed by atoms with E-state index in [2.05, 4.69) is 16.0 Å². The van der Waals surface area contributed by atoms with Crippen LogP contribution in [0.4, 0.5) is 17.1 Å². The van der Waals surface area contributed by atoms with Gasteiger partial charge in [0, 0.05) is 6.54 Å². The van der Waals surface area contributed by atoms with Gasteiger partial charge in [-0.25, -0.2) is 0 Å². The number of anilines is 3. The van der Waals surface area contributed by atoms with Gasteiger partial charge in [-0.15, -0.1) is 0 Å². The number of carbonyl (C=O) groups excluding carboxylic acids is 1. The molecule has 7 nitrogen and oxygen atoms in total. The maximum absolute atomic E-state index is 12.2. The molecule has 1 aromatic heterocycles. The monoisotopic (exact) mass is 399 g/mol. The van der Waals surface area contributed by atoms with Crippen LogP contribution in [0, 0.1) is 6.92 Å². The van der Waals surface area contributed by atoms with Crippen LogP contribution in [0.5, 0.6) is 0 Å². The van der Waals surface area contributed by atoms with Crippen LogP contribution in [-0.4, -0.2) is 5.91 Å². The van der Waals surface area contributed by atoms with Crippen LogP contribution in [0.2, 0.25) is 5.02 Å². The molecule has 1 aliphatic heterocycles. The molecule has 8 heteroatoms. The van der Waals surface area contributed by atoms with Gasteiger partial charge in [0.05, 0.1) is 22.3 Å². The lowest BCUT2D eigenvalue weighted by Crippen LogP contribution is -2.37. The molecule has 1 aliphatic rings. The standard InChI is InChI=1S/C20H18ClN3O4/c1-3-12(13-7-4-9(2)28-13)23-16-17(19(26)18(16)25)24-15-11(21)6-5-10-8-22-20(27)14(10)15/h4-7,12,23-24H,3,8H2,1-2H3,(H,22,27). The van der Waals surface area contributed by atoms with Gasteiger partial charge in [0.15, 0.2) is 0 Å². The number of fused-ring (bicyclic) bond motifs is 1. The molecule has 0 radical (unpaired) electrons. The van der Waals surface area contributed by atoms with E-state index in [0.717, 1.165) is 11.3 Å². The zero-order valence-corrected chi connectivity index (χ0v) is 16.1. The van der Waals surface area contributed by atoms with Crippen molar-refractivity contribution in [3.8, 4) is 0 Å². The number of halogens is 1. The Labute approximate surface area is 165 Å². The summed E-state index contributed by atoms with van der Waals surface area (Å²) in [7, 11) is 0. The molecule has 2 heterocycles. The van der Waals surface area contributed by atoms with E-state index in [9.17, 15) is 14.4 Å². The van der Waals surface area contributed by atoms with Gasteiger partial charge in [0.2, 0.25) is 0 Å². The molecule has 28 heavy (non-hydrogen) atoms. The van der Waals surface area contributed by atoms with Crippen molar-refractivity contribution in [2.24, 2.45) is 0 Å². The van der Waals surface area contributed by atoms with E-state index in [-0.39, 0.29) is 23.3 Å². The summed E-state index contributed by atoms with van der Waals surface area (Å²) in [5.74, 6) is 1.17. The molecule has 1 atom stereocenters. The number of hydrogen-bond donors (Lipinski definition) is 3. The first-order valence-electron chi connectivity index (χ1n) is 8.93. The predicted molar refractivity (Wildman–Crippen MR) is 107 cm³/mol. The fourth-order valence-electron chi connectivity index (χ4n) is 3.38. The molecule has 3 aromatic rings. The highest BCUT2D eigenvalue weighted by Crippen LogP contribution is 2.35. The maximum atomic E-state index is 12.2. The van der Waals surface area contributed by atoms with Crippen molar-refractivity contribution in [1.82, 2.24) is 5.32 Å². The summed E-state index contributed by atoms with van der Waals surface area (Å²) in [6.07, 6.45) is 0.648. The van der Waals surface area contributed by atoms with Crippen molar-refractivity contribution in [1.29, 1.82) is 0 Å². The van der Waals surface area contributed by atoms with Crippen LogP contribution >= 0.6 is 11.6 Å². The maximum Gasteiger partial charge on any atom is 0.254 e. The van der Waals surface area contributed by atoms with E-state index in [0.29, 0.717) is 35.0 Å². The summed E-state index contributed by atoms with van der Waals surface area (Å²) < 4.78 is 5.64. The van der Waals surface area contributed by atoms with Gasteiger partial charge in [0.25, 0.3) is 16.8 Å². The van der Waals surface area contributed by atoms with Crippen molar-refractivity contribution in [3.05, 3.63) is 72.4 Å². The highest BCUT2D eigenvalue weighted by Gasteiger charge is 2.29. The van der Waals surface area contributed by atoms with Crippen molar-refractivity contribution in [2.75, 3.05) is 10.6 Å². The predicted octanol–water partition coefficient (Wildman–Crippen LogP) is 3.39. The summed E-state index contributed by atoms with van der Waals surface area (Å²) in [5, 5.41) is 9.03. The van der Waals surface area contributed by atoms with Crippen LogP contribution in [-0.2, 0) is 6.54 Å². The second kappa shape index (κ2) is 6.83. The van der Waals surface area contributed by atoms with Crippen molar-refractivity contribution in [3.63, 3.8) is 0 Å². The normalized spacial score (nSPS) is 14.0. The molecular formula is C20H18ClN3O4. The third-order valence-corrected chi connectivity index (χ3v) is 5.21. The van der Waals surface area contributed by atoms with E-state index < -0.39 is 10.9 Å². The van der Waals surface area contributed by atoms with E-state index in [1.165, 1.54) is 0 Å². The quantitative estimate of drug-likeness (QED) is 0.549. The first kappa shape index (κ1) is 18.3. The fourth-order valence-corrected chi connectivity index (χ4v) is 3.58. The molecule has 0 spiro atoms. The number of carbonyl (C=O) groups is 1. The lowest BCUT2D eigenvalue weighted by atomic mass is 10.1. The van der Waals surface area contributed by atoms with Crippen molar-refractivity contribution >= 4 is 34.6 Å². The molecule has 1 unspecified atom stereocenters. The third-order valence-electron chi connectivity index (χ3n) is 4.90. The Morgan fingerprint density at radius 2 is 1.86 bits per heavy atom. The number of hydrogen-bond acceptors (Lipinski definition) is 6. The topological polar surface area (TPSA) is 100 Å². The molecule has 0 saturated heterocycles. The molecule has 144 valence electrons. The van der Waals surface area contributed by atoms with Crippen LogP contribution in [0.15, 0.2) is 38.3 Å². The van der Waals surface area contributed by atoms with E-state index in [1.807, 2.05) is 26.0 Å². The molecular weight excluding hydrogens is 382 g/mol. The van der Waals surface area contributed by atoms with Crippen molar-refractivity contribution in [2.45, 2.75) is 32.9 Å². The zero-order chi connectivity index (χ0) is 20.0. The summed E-state index contributed by atoms with van der Waals surface area (Å²) in [5.41, 5.74) is 0.492. The number of furan rings is 1. The Bertz CT molecular complexity index is 1160. The highest BCUT2D eigenvalue weighted by atomic mass is 35.5. The van der Waals surface area contributed by atoms with Gasteiger partial charge in [-0.3, -0.25) is 14.4 Å². The van der Waals surface area contributed by atoms with E-state index in [1.54, 1.807) is 12.1 Å². The highest BCUT2D eigenvalue weighted by molar-refractivity contribution is 6.34. The fraction of sp³-hybridized carbons (Fsp3) is 0.250. The van der Waals surface area contributed by atoms with Gasteiger partial charge >= 0.3 is 0 Å². The second-order valence-electron chi connectivity index (χ2n) is 6.73. The minimum absolute atomic E-state index is 0.0988. The summed E-state index contributed by atoms with van der Waals surface area (Å²) in [4.78, 5) is 36.5. The minimum atomic E-state index is -0.653. The summed E-state index contributed by atoms with van der Waals surface area (Å²) in [6, 6.07) is 6.82. The molecule has 0 saturated carbocycles. The average Bonchev–Trinajstić information content (AvgIpc) is 3.28. The first-order chi connectivity index (χ1) is 13.4. The van der Waals surface area contributed by atoms with E-state index in [4.69, 9.17) is 16.0 Å². The largest absolute Gasteiger partial charge is 0.464 e. The zero-order valence-electron chi connectivity index (χ0n) is 15.3. The lowest BCUT2D eigenvalue weighted by molar-refractivity contribution is 0.0966. The Hall–Kier alpha value is -3.06. The van der Waals surface area contributed by atoms with Gasteiger partial charge < -0.3 is 20.4 Å². The van der Waals surface area contributed by atoms with Crippen LogP contribution in [0.3, 0.4) is 0 Å². The van der Waals surface area contributed by atoms with Crippen LogP contribution in [0.1, 0.15) is 46.8 Å².